The van der Waals surface area contributed by atoms with Gasteiger partial charge in [-0.05, 0) is 24.5 Å². The van der Waals surface area contributed by atoms with Crippen molar-refractivity contribution in [1.29, 1.82) is 0 Å². The number of H-pyrrole nitrogens is 2. The van der Waals surface area contributed by atoms with Crippen LogP contribution in [0.15, 0.2) is 35.1 Å². The maximum absolute atomic E-state index is 12.2. The average Bonchev–Trinajstić information content (AvgIpc) is 3.17. The molecule has 0 aliphatic carbocycles. The highest BCUT2D eigenvalue weighted by Crippen LogP contribution is 2.23. The van der Waals surface area contributed by atoms with Gasteiger partial charge in [-0.3, -0.25) is 9.78 Å². The molecule has 0 saturated carbocycles. The molecule has 1 amide bonds. The molecule has 0 bridgehead atoms. The summed E-state index contributed by atoms with van der Waals surface area (Å²) in [7, 11) is 1.80. The molecule has 3 rings (SSSR count). The third-order valence-corrected chi connectivity index (χ3v) is 4.23. The van der Waals surface area contributed by atoms with Crippen LogP contribution in [0.25, 0.3) is 0 Å². The van der Waals surface area contributed by atoms with Crippen LogP contribution >= 0.6 is 0 Å². The second-order valence-corrected chi connectivity index (χ2v) is 6.01. The molecule has 1 atom stereocenters. The minimum absolute atomic E-state index is 0.0362. The lowest BCUT2D eigenvalue weighted by atomic mass is 10.1. The van der Waals surface area contributed by atoms with E-state index in [1.54, 1.807) is 11.9 Å². The number of aromatic amines is 2. The van der Waals surface area contributed by atoms with Crippen LogP contribution < -0.4 is 10.6 Å². The van der Waals surface area contributed by atoms with Crippen LogP contribution in [0.1, 0.15) is 12.2 Å². The van der Waals surface area contributed by atoms with Gasteiger partial charge in [-0.25, -0.2) is 9.89 Å². The van der Waals surface area contributed by atoms with Gasteiger partial charge >= 0.3 is 5.69 Å². The second-order valence-electron chi connectivity index (χ2n) is 6.01. The summed E-state index contributed by atoms with van der Waals surface area (Å²) in [6, 6.07) is 10.3. The van der Waals surface area contributed by atoms with Gasteiger partial charge in [0.25, 0.3) is 0 Å². The fraction of sp³-hybridized carbons (Fsp3) is 0.438. The molecule has 0 spiro atoms. The van der Waals surface area contributed by atoms with E-state index in [9.17, 15) is 9.59 Å². The molecule has 23 heavy (non-hydrogen) atoms. The quantitative estimate of drug-likeness (QED) is 0.847. The Kier molecular flexibility index (Phi) is 4.45. The van der Waals surface area contributed by atoms with Crippen molar-refractivity contribution in [2.45, 2.75) is 12.8 Å². The first-order valence-electron chi connectivity index (χ1n) is 7.79. The summed E-state index contributed by atoms with van der Waals surface area (Å²) in [5, 5.41) is 6.04. The minimum atomic E-state index is -0.384. The number of nitrogens with one attached hydrogen (secondary N) is 2. The Morgan fingerprint density at radius 2 is 2.17 bits per heavy atom. The van der Waals surface area contributed by atoms with Gasteiger partial charge in [0, 0.05) is 32.4 Å². The molecule has 0 radical (unpaired) electrons. The summed E-state index contributed by atoms with van der Waals surface area (Å²) in [4.78, 5) is 29.8. The van der Waals surface area contributed by atoms with Crippen LogP contribution in [-0.4, -0.2) is 52.7 Å². The summed E-state index contributed by atoms with van der Waals surface area (Å²) in [6.07, 6.45) is 1.19. The van der Waals surface area contributed by atoms with E-state index < -0.39 is 0 Å². The topological polar surface area (TPSA) is 85.1 Å². The fourth-order valence-corrected chi connectivity index (χ4v) is 3.01. The number of nitrogens with zero attached hydrogens (tertiary/aromatic N) is 3. The fourth-order valence-electron chi connectivity index (χ4n) is 3.01. The molecule has 1 aliphatic rings. The van der Waals surface area contributed by atoms with Crippen LogP contribution in [0.5, 0.6) is 0 Å². The SMILES string of the molecule is CN(CC1CCN(c2ccccc2)C1)C(=O)Cc1n[nH]c(=O)[nH]1. The summed E-state index contributed by atoms with van der Waals surface area (Å²) >= 11 is 0. The van der Waals surface area contributed by atoms with E-state index in [1.165, 1.54) is 5.69 Å². The number of likely N-dealkylation sites (N-methyl/N-ethyl adjacent to an activating group) is 1. The number of para-hydroxylation sites is 1. The lowest BCUT2D eigenvalue weighted by Crippen LogP contribution is -2.34. The third-order valence-electron chi connectivity index (χ3n) is 4.23. The molecule has 2 aromatic rings. The highest BCUT2D eigenvalue weighted by molar-refractivity contribution is 5.77. The first-order valence-corrected chi connectivity index (χ1v) is 7.79. The minimum Gasteiger partial charge on any atom is -0.371 e. The van der Waals surface area contributed by atoms with E-state index >= 15 is 0 Å². The predicted octanol–water partition coefficient (Wildman–Crippen LogP) is 0.625. The summed E-state index contributed by atoms with van der Waals surface area (Å²) in [6.45, 7) is 2.70. The zero-order chi connectivity index (χ0) is 16.2. The van der Waals surface area contributed by atoms with Gasteiger partial charge in [-0.15, -0.1) is 0 Å². The molecule has 7 heteroatoms. The largest absolute Gasteiger partial charge is 0.371 e. The molecule has 2 heterocycles. The Morgan fingerprint density at radius 3 is 2.87 bits per heavy atom. The van der Waals surface area contributed by atoms with Gasteiger partial charge in [0.15, 0.2) is 0 Å². The van der Waals surface area contributed by atoms with E-state index in [-0.39, 0.29) is 18.0 Å². The zero-order valence-electron chi connectivity index (χ0n) is 13.2. The smallest absolute Gasteiger partial charge is 0.340 e. The molecule has 1 saturated heterocycles. The Morgan fingerprint density at radius 1 is 1.39 bits per heavy atom. The first-order chi connectivity index (χ1) is 11.1. The normalized spacial score (nSPS) is 17.4. The summed E-state index contributed by atoms with van der Waals surface area (Å²) < 4.78 is 0. The van der Waals surface area contributed by atoms with Crippen molar-refractivity contribution in [3.63, 3.8) is 0 Å². The number of hydrogen-bond acceptors (Lipinski definition) is 4. The van der Waals surface area contributed by atoms with Gasteiger partial charge in [-0.1, -0.05) is 18.2 Å². The molecule has 2 N–H and O–H groups in total. The molecule has 7 nitrogen and oxygen atoms in total. The molecule has 122 valence electrons. The number of hydrogen-bond donors (Lipinski definition) is 2. The van der Waals surface area contributed by atoms with Crippen LogP contribution in [0.3, 0.4) is 0 Å². The lowest BCUT2D eigenvalue weighted by molar-refractivity contribution is -0.129. The van der Waals surface area contributed by atoms with E-state index in [4.69, 9.17) is 0 Å². The van der Waals surface area contributed by atoms with Crippen molar-refractivity contribution in [3.05, 3.63) is 46.6 Å². The Hall–Kier alpha value is -2.57. The molecular formula is C16H21N5O2. The van der Waals surface area contributed by atoms with Crippen molar-refractivity contribution >= 4 is 11.6 Å². The highest BCUT2D eigenvalue weighted by Gasteiger charge is 2.25. The van der Waals surface area contributed by atoms with Gasteiger partial charge in [-0.2, -0.15) is 5.10 Å². The van der Waals surface area contributed by atoms with Gasteiger partial charge in [0.1, 0.15) is 5.82 Å². The molecule has 1 fully saturated rings. The second kappa shape index (κ2) is 6.68. The average molecular weight is 315 g/mol. The monoisotopic (exact) mass is 315 g/mol. The van der Waals surface area contributed by atoms with Crippen molar-refractivity contribution in [1.82, 2.24) is 20.1 Å². The number of carbonyl (C=O) groups is 1. The molecule has 1 unspecified atom stereocenters. The molecule has 1 aromatic heterocycles. The van der Waals surface area contributed by atoms with E-state index in [2.05, 4.69) is 32.2 Å². The standard InChI is InChI=1S/C16H21N5O2/c1-20(15(22)9-14-17-16(23)19-18-14)10-12-7-8-21(11-12)13-5-3-2-4-6-13/h2-6,12H,7-11H2,1H3,(H2,17,18,19,23). The first kappa shape index (κ1) is 15.3. The Balaban J connectivity index is 1.51. The Labute approximate surface area is 134 Å². The molecular weight excluding hydrogens is 294 g/mol. The van der Waals surface area contributed by atoms with E-state index in [0.717, 1.165) is 26.1 Å². The number of aromatic nitrogens is 3. The van der Waals surface area contributed by atoms with Crippen LogP contribution in [-0.2, 0) is 11.2 Å². The van der Waals surface area contributed by atoms with Gasteiger partial charge < -0.3 is 9.80 Å². The molecule has 1 aromatic carbocycles. The van der Waals surface area contributed by atoms with Crippen LogP contribution in [0.2, 0.25) is 0 Å². The number of benzene rings is 1. The number of anilines is 1. The highest BCUT2D eigenvalue weighted by atomic mass is 16.2. The Bertz CT molecular complexity index is 709. The van der Waals surface area contributed by atoms with Crippen molar-refractivity contribution < 1.29 is 4.79 Å². The maximum atomic E-state index is 12.2. The predicted molar refractivity (Wildman–Crippen MR) is 87.3 cm³/mol. The third kappa shape index (κ3) is 3.80. The molecule has 1 aliphatic heterocycles. The number of rotatable bonds is 5. The van der Waals surface area contributed by atoms with Gasteiger partial charge in [0.2, 0.25) is 5.91 Å². The summed E-state index contributed by atoms with van der Waals surface area (Å²) in [5.74, 6) is 0.803. The van der Waals surface area contributed by atoms with Crippen molar-refractivity contribution in [3.8, 4) is 0 Å². The van der Waals surface area contributed by atoms with Crippen molar-refractivity contribution in [2.75, 3.05) is 31.6 Å². The number of amides is 1. The van der Waals surface area contributed by atoms with E-state index in [0.29, 0.717) is 11.7 Å². The van der Waals surface area contributed by atoms with Gasteiger partial charge in [0.05, 0.1) is 6.42 Å². The van der Waals surface area contributed by atoms with Crippen molar-refractivity contribution in [2.24, 2.45) is 5.92 Å². The number of carbonyl (C=O) groups excluding carboxylic acids is 1. The summed E-state index contributed by atoms with van der Waals surface area (Å²) in [5.41, 5.74) is 0.850. The van der Waals surface area contributed by atoms with Crippen LogP contribution in [0, 0.1) is 5.92 Å². The van der Waals surface area contributed by atoms with Crippen LogP contribution in [0.4, 0.5) is 5.69 Å². The maximum Gasteiger partial charge on any atom is 0.340 e. The lowest BCUT2D eigenvalue weighted by Gasteiger charge is -2.22. The van der Waals surface area contributed by atoms with E-state index in [1.807, 2.05) is 18.2 Å². The zero-order valence-corrected chi connectivity index (χ0v) is 13.2.